The van der Waals surface area contributed by atoms with Crippen molar-refractivity contribution < 1.29 is 26.7 Å². The van der Waals surface area contributed by atoms with Gasteiger partial charge in [-0.25, -0.2) is 8.78 Å². The van der Waals surface area contributed by atoms with Crippen LogP contribution in [-0.2, 0) is 23.9 Å². The van der Waals surface area contributed by atoms with Gasteiger partial charge in [0.2, 0.25) is 11.7 Å². The van der Waals surface area contributed by atoms with Crippen molar-refractivity contribution in [1.82, 2.24) is 19.7 Å². The molecule has 0 bridgehead atoms. The number of rotatable bonds is 4. The second-order valence-corrected chi connectivity index (χ2v) is 7.22. The van der Waals surface area contributed by atoms with Crippen LogP contribution in [0.3, 0.4) is 0 Å². The quantitative estimate of drug-likeness (QED) is 0.721. The second-order valence-electron chi connectivity index (χ2n) is 7.22. The maximum Gasteiger partial charge on any atom is 0.451 e. The summed E-state index contributed by atoms with van der Waals surface area (Å²) in [6, 6.07) is 0.904. The predicted molar refractivity (Wildman–Crippen MR) is 99.6 cm³/mol. The molecule has 1 aliphatic rings. The highest BCUT2D eigenvalue weighted by molar-refractivity contribution is 5.85. The average Bonchev–Trinajstić information content (AvgIpc) is 3.02. The van der Waals surface area contributed by atoms with E-state index in [1.165, 1.54) is 4.90 Å². The van der Waals surface area contributed by atoms with Gasteiger partial charge in [-0.2, -0.15) is 13.2 Å². The summed E-state index contributed by atoms with van der Waals surface area (Å²) in [6.07, 6.45) is -4.88. The summed E-state index contributed by atoms with van der Waals surface area (Å²) in [4.78, 5) is 14.2. The van der Waals surface area contributed by atoms with Crippen LogP contribution in [0.2, 0.25) is 0 Å². The standard InChI is InChI=1S/C18H20F5N5O.ClH/c1-9-8-27-16(25-26-17(27)18(21,22)23)10(2)28(9)15(29)7-13(24)6-11-5-12(19)3-4-14(11)20;/h3-5,9-10,13H,6-8,24H2,1-2H3;1H/t9?,10?,13-;/m1./s1. The molecule has 2 N–H and O–H groups in total. The van der Waals surface area contributed by atoms with Gasteiger partial charge in [-0.05, 0) is 44.0 Å². The Morgan fingerprint density at radius 1 is 1.27 bits per heavy atom. The molecule has 0 saturated heterocycles. The van der Waals surface area contributed by atoms with E-state index in [1.807, 2.05) is 0 Å². The third-order valence-corrected chi connectivity index (χ3v) is 4.96. The van der Waals surface area contributed by atoms with Crippen LogP contribution in [0.25, 0.3) is 0 Å². The summed E-state index contributed by atoms with van der Waals surface area (Å²) in [5.41, 5.74) is 6.02. The Kier molecular flexibility index (Phi) is 7.08. The van der Waals surface area contributed by atoms with Crippen LogP contribution in [0.5, 0.6) is 0 Å². The highest BCUT2D eigenvalue weighted by Crippen LogP contribution is 2.34. The summed E-state index contributed by atoms with van der Waals surface area (Å²) in [6.45, 7) is 3.07. The Hall–Kier alpha value is -2.27. The largest absolute Gasteiger partial charge is 0.451 e. The molecule has 6 nitrogen and oxygen atoms in total. The minimum absolute atomic E-state index is 0. The molecular weight excluding hydrogens is 433 g/mol. The van der Waals surface area contributed by atoms with E-state index in [0.29, 0.717) is 0 Å². The maximum absolute atomic E-state index is 13.8. The molecule has 12 heteroatoms. The third kappa shape index (κ3) is 4.72. The fraction of sp³-hybridized carbons (Fsp3) is 0.500. The van der Waals surface area contributed by atoms with Crippen molar-refractivity contribution in [2.24, 2.45) is 5.73 Å². The lowest BCUT2D eigenvalue weighted by atomic mass is 10.0. The Balaban J connectivity index is 0.00000320. The van der Waals surface area contributed by atoms with Crippen LogP contribution in [0.1, 0.15) is 43.5 Å². The molecule has 2 unspecified atom stereocenters. The molecule has 0 saturated carbocycles. The van der Waals surface area contributed by atoms with Crippen LogP contribution in [-0.4, -0.2) is 37.7 Å². The van der Waals surface area contributed by atoms with Crippen molar-refractivity contribution in [2.45, 2.75) is 57.5 Å². The molecule has 2 aromatic rings. The van der Waals surface area contributed by atoms with E-state index >= 15 is 0 Å². The van der Waals surface area contributed by atoms with E-state index in [2.05, 4.69) is 10.2 Å². The first kappa shape index (κ1) is 24.0. The Morgan fingerprint density at radius 2 is 1.93 bits per heavy atom. The topological polar surface area (TPSA) is 77.0 Å². The number of benzene rings is 1. The molecule has 0 radical (unpaired) electrons. The fourth-order valence-electron chi connectivity index (χ4n) is 3.72. The molecule has 166 valence electrons. The Labute approximate surface area is 175 Å². The van der Waals surface area contributed by atoms with E-state index in [9.17, 15) is 26.7 Å². The number of nitrogens with two attached hydrogens (primary N) is 1. The second kappa shape index (κ2) is 8.84. The number of carbonyl (C=O) groups is 1. The molecule has 0 spiro atoms. The number of hydrogen-bond acceptors (Lipinski definition) is 4. The number of hydrogen-bond donors (Lipinski definition) is 1. The molecule has 1 aromatic heterocycles. The summed E-state index contributed by atoms with van der Waals surface area (Å²) < 4.78 is 67.3. The minimum Gasteiger partial charge on any atom is -0.328 e. The minimum atomic E-state index is -4.64. The normalized spacial score (nSPS) is 19.8. The lowest BCUT2D eigenvalue weighted by molar-refractivity contribution is -0.149. The number of alkyl halides is 3. The summed E-state index contributed by atoms with van der Waals surface area (Å²) in [7, 11) is 0. The fourth-order valence-corrected chi connectivity index (χ4v) is 3.72. The molecule has 1 amide bonds. The van der Waals surface area contributed by atoms with E-state index in [4.69, 9.17) is 5.73 Å². The van der Waals surface area contributed by atoms with Crippen molar-refractivity contribution in [3.8, 4) is 0 Å². The smallest absolute Gasteiger partial charge is 0.328 e. The summed E-state index contributed by atoms with van der Waals surface area (Å²) in [5, 5.41) is 6.85. The van der Waals surface area contributed by atoms with Crippen molar-refractivity contribution in [1.29, 1.82) is 0 Å². The molecule has 1 aromatic carbocycles. The first-order valence-electron chi connectivity index (χ1n) is 9.00. The SMILES string of the molecule is CC1Cn2c(nnc2C(F)(F)F)C(C)N1C(=O)C[C@H](N)Cc1cc(F)ccc1F.Cl. The van der Waals surface area contributed by atoms with Crippen LogP contribution >= 0.6 is 12.4 Å². The van der Waals surface area contributed by atoms with E-state index < -0.39 is 47.7 Å². The summed E-state index contributed by atoms with van der Waals surface area (Å²) in [5.74, 6) is -2.71. The monoisotopic (exact) mass is 453 g/mol. The van der Waals surface area contributed by atoms with Gasteiger partial charge in [-0.15, -0.1) is 22.6 Å². The Bertz CT molecular complexity index is 919. The average molecular weight is 454 g/mol. The zero-order chi connectivity index (χ0) is 21.5. The zero-order valence-electron chi connectivity index (χ0n) is 16.2. The number of carbonyl (C=O) groups excluding carboxylic acids is 1. The molecule has 2 heterocycles. The van der Waals surface area contributed by atoms with Gasteiger partial charge < -0.3 is 15.2 Å². The number of aromatic nitrogens is 3. The van der Waals surface area contributed by atoms with Gasteiger partial charge in [0.1, 0.15) is 11.6 Å². The predicted octanol–water partition coefficient (Wildman–Crippen LogP) is 3.25. The Morgan fingerprint density at radius 3 is 2.57 bits per heavy atom. The zero-order valence-corrected chi connectivity index (χ0v) is 17.0. The van der Waals surface area contributed by atoms with E-state index in [-0.39, 0.29) is 43.2 Å². The van der Waals surface area contributed by atoms with Gasteiger partial charge >= 0.3 is 6.18 Å². The molecule has 30 heavy (non-hydrogen) atoms. The van der Waals surface area contributed by atoms with Gasteiger partial charge in [0.15, 0.2) is 5.82 Å². The maximum atomic E-state index is 13.8. The van der Waals surface area contributed by atoms with Gasteiger partial charge in [0, 0.05) is 25.0 Å². The van der Waals surface area contributed by atoms with Crippen molar-refractivity contribution in [2.75, 3.05) is 0 Å². The third-order valence-electron chi connectivity index (χ3n) is 4.96. The van der Waals surface area contributed by atoms with Crippen LogP contribution in [0.4, 0.5) is 22.0 Å². The van der Waals surface area contributed by atoms with Crippen LogP contribution in [0, 0.1) is 11.6 Å². The van der Waals surface area contributed by atoms with Gasteiger partial charge in [-0.3, -0.25) is 4.79 Å². The summed E-state index contributed by atoms with van der Waals surface area (Å²) >= 11 is 0. The van der Waals surface area contributed by atoms with Gasteiger partial charge in [0.05, 0.1) is 6.04 Å². The van der Waals surface area contributed by atoms with Gasteiger partial charge in [0.25, 0.3) is 0 Å². The van der Waals surface area contributed by atoms with E-state index in [1.54, 1.807) is 13.8 Å². The number of halogens is 6. The van der Waals surface area contributed by atoms with Crippen LogP contribution in [0.15, 0.2) is 18.2 Å². The van der Waals surface area contributed by atoms with Crippen molar-refractivity contribution in [3.63, 3.8) is 0 Å². The molecule has 1 aliphatic heterocycles. The van der Waals surface area contributed by atoms with Crippen LogP contribution < -0.4 is 5.73 Å². The molecular formula is C18H21ClF5N5O. The van der Waals surface area contributed by atoms with Gasteiger partial charge in [-0.1, -0.05) is 0 Å². The lowest BCUT2D eigenvalue weighted by Crippen LogP contribution is -2.49. The van der Waals surface area contributed by atoms with Crippen molar-refractivity contribution >= 4 is 18.3 Å². The molecule has 3 rings (SSSR count). The lowest BCUT2D eigenvalue weighted by Gasteiger charge is -2.39. The number of nitrogens with zero attached hydrogens (tertiary/aromatic N) is 4. The molecule has 0 fully saturated rings. The highest BCUT2D eigenvalue weighted by atomic mass is 35.5. The first-order valence-corrected chi connectivity index (χ1v) is 9.00. The molecule has 0 aliphatic carbocycles. The highest BCUT2D eigenvalue weighted by Gasteiger charge is 2.43. The number of fused-ring (bicyclic) bond motifs is 1. The first-order chi connectivity index (χ1) is 13.5. The van der Waals surface area contributed by atoms with E-state index in [0.717, 1.165) is 22.8 Å². The van der Waals surface area contributed by atoms with Crippen molar-refractivity contribution in [3.05, 3.63) is 47.0 Å². The number of amides is 1. The molecule has 3 atom stereocenters.